The Morgan fingerprint density at radius 1 is 1.18 bits per heavy atom. The summed E-state index contributed by atoms with van der Waals surface area (Å²) in [6.45, 7) is 0. The first-order valence-electron chi connectivity index (χ1n) is 6.79. The molecule has 0 heterocycles. The van der Waals surface area contributed by atoms with Crippen LogP contribution in [0.1, 0.15) is 11.1 Å². The molecule has 0 aromatic heterocycles. The minimum atomic E-state index is -0.992. The van der Waals surface area contributed by atoms with Gasteiger partial charge < -0.3 is 14.7 Å². The van der Waals surface area contributed by atoms with Crippen molar-refractivity contribution in [2.24, 2.45) is 5.16 Å². The number of carboxylic acid groups (broad SMARTS) is 1. The van der Waals surface area contributed by atoms with Crippen LogP contribution in [-0.2, 0) is 16.1 Å². The van der Waals surface area contributed by atoms with E-state index >= 15 is 0 Å². The van der Waals surface area contributed by atoms with Crippen molar-refractivity contribution in [1.82, 2.24) is 0 Å². The van der Waals surface area contributed by atoms with E-state index in [2.05, 4.69) is 9.99 Å². The van der Waals surface area contributed by atoms with Crippen molar-refractivity contribution in [2.75, 3.05) is 7.11 Å². The van der Waals surface area contributed by atoms with Gasteiger partial charge in [-0.25, -0.2) is 4.79 Å². The molecule has 2 aromatic carbocycles. The van der Waals surface area contributed by atoms with Crippen LogP contribution in [0.3, 0.4) is 0 Å². The minimum Gasteiger partial charge on any atom is -0.478 e. The van der Waals surface area contributed by atoms with E-state index in [-0.39, 0.29) is 0 Å². The van der Waals surface area contributed by atoms with Crippen LogP contribution in [0.4, 0.5) is 0 Å². The molecule has 0 saturated heterocycles. The van der Waals surface area contributed by atoms with E-state index in [0.717, 1.165) is 11.1 Å². The molecule has 0 radical (unpaired) electrons. The normalized spacial score (nSPS) is 12.0. The Hall–Kier alpha value is -2.82. The van der Waals surface area contributed by atoms with Gasteiger partial charge >= 0.3 is 5.97 Å². The number of benzene rings is 2. The van der Waals surface area contributed by atoms with Crippen LogP contribution in [0, 0.1) is 0 Å². The molecule has 5 nitrogen and oxygen atoms in total. The summed E-state index contributed by atoms with van der Waals surface area (Å²) in [6.07, 6.45) is 0.937. The molecule has 114 valence electrons. The van der Waals surface area contributed by atoms with Gasteiger partial charge in [-0.2, -0.15) is 0 Å². The molecule has 0 bridgehead atoms. The van der Waals surface area contributed by atoms with E-state index in [4.69, 9.17) is 4.74 Å². The molecule has 0 aliphatic heterocycles. The van der Waals surface area contributed by atoms with Gasteiger partial charge in [-0.15, -0.1) is 0 Å². The van der Waals surface area contributed by atoms with Crippen LogP contribution in [0.2, 0.25) is 0 Å². The van der Waals surface area contributed by atoms with Crippen molar-refractivity contribution in [1.29, 1.82) is 0 Å². The van der Waals surface area contributed by atoms with Crippen molar-refractivity contribution in [3.8, 4) is 5.75 Å². The number of hydrogen-bond donors (Lipinski definition) is 1. The Labute approximate surface area is 128 Å². The molecule has 0 aliphatic carbocycles. The quantitative estimate of drug-likeness (QED) is 0.630. The van der Waals surface area contributed by atoms with E-state index in [9.17, 15) is 9.90 Å². The monoisotopic (exact) mass is 299 g/mol. The van der Waals surface area contributed by atoms with Crippen molar-refractivity contribution in [3.05, 3.63) is 65.7 Å². The van der Waals surface area contributed by atoms with E-state index in [1.54, 1.807) is 30.5 Å². The summed E-state index contributed by atoms with van der Waals surface area (Å²) < 4.78 is 5.56. The molecular formula is C17H17NO4. The molecule has 0 aliphatic rings. The standard InChI is InChI=1S/C17H17NO4/c1-21-18-12-14-7-9-15(10-8-14)22-16(17(19)20)11-13-5-3-2-4-6-13/h2-10,12,16H,11H2,1H3,(H,19,20). The Bertz CT molecular complexity index is 623. The summed E-state index contributed by atoms with van der Waals surface area (Å²) in [6, 6.07) is 16.4. The molecule has 0 spiro atoms. The van der Waals surface area contributed by atoms with Gasteiger partial charge in [0.05, 0.1) is 6.21 Å². The third kappa shape index (κ3) is 4.63. The fraction of sp³-hybridized carbons (Fsp3) is 0.176. The minimum absolute atomic E-state index is 0.309. The lowest BCUT2D eigenvalue weighted by atomic mass is 10.1. The van der Waals surface area contributed by atoms with Gasteiger partial charge in [0.25, 0.3) is 0 Å². The maximum atomic E-state index is 11.4. The lowest BCUT2D eigenvalue weighted by Crippen LogP contribution is -2.29. The highest BCUT2D eigenvalue weighted by Gasteiger charge is 2.19. The molecule has 0 saturated carbocycles. The van der Waals surface area contributed by atoms with Gasteiger partial charge in [0.1, 0.15) is 12.9 Å². The topological polar surface area (TPSA) is 68.1 Å². The summed E-state index contributed by atoms with van der Waals surface area (Å²) in [5, 5.41) is 13.0. The Kier molecular flexibility index (Phi) is 5.54. The number of hydrogen-bond acceptors (Lipinski definition) is 4. The summed E-state index contributed by atoms with van der Waals surface area (Å²) in [5.74, 6) is -0.494. The second-order valence-corrected chi connectivity index (χ2v) is 4.62. The van der Waals surface area contributed by atoms with Crippen LogP contribution in [0.5, 0.6) is 5.75 Å². The van der Waals surface area contributed by atoms with Gasteiger partial charge in [-0.05, 0) is 35.4 Å². The average molecular weight is 299 g/mol. The van der Waals surface area contributed by atoms with Crippen LogP contribution < -0.4 is 4.74 Å². The van der Waals surface area contributed by atoms with E-state index in [1.165, 1.54) is 7.11 Å². The highest BCUT2D eigenvalue weighted by molar-refractivity contribution is 5.79. The van der Waals surface area contributed by atoms with E-state index in [1.807, 2.05) is 30.3 Å². The van der Waals surface area contributed by atoms with Crippen molar-refractivity contribution >= 4 is 12.2 Å². The molecule has 0 amide bonds. The molecule has 0 fully saturated rings. The number of carboxylic acids is 1. The van der Waals surface area contributed by atoms with Crippen LogP contribution in [0.15, 0.2) is 59.8 Å². The maximum Gasteiger partial charge on any atom is 0.345 e. The lowest BCUT2D eigenvalue weighted by Gasteiger charge is -2.15. The summed E-state index contributed by atoms with van der Waals surface area (Å²) in [5.41, 5.74) is 1.75. The molecule has 1 unspecified atom stereocenters. The van der Waals surface area contributed by atoms with Crippen LogP contribution in [-0.4, -0.2) is 30.5 Å². The summed E-state index contributed by atoms with van der Waals surface area (Å²) >= 11 is 0. The summed E-state index contributed by atoms with van der Waals surface area (Å²) in [7, 11) is 1.47. The molecule has 22 heavy (non-hydrogen) atoms. The number of oxime groups is 1. The highest BCUT2D eigenvalue weighted by atomic mass is 16.6. The number of aliphatic carboxylic acids is 1. The van der Waals surface area contributed by atoms with Gasteiger partial charge in [-0.1, -0.05) is 35.5 Å². The number of nitrogens with zero attached hydrogens (tertiary/aromatic N) is 1. The first-order chi connectivity index (χ1) is 10.7. The largest absolute Gasteiger partial charge is 0.478 e. The second kappa shape index (κ2) is 7.83. The zero-order valence-electron chi connectivity index (χ0n) is 12.2. The van der Waals surface area contributed by atoms with Crippen molar-refractivity contribution in [2.45, 2.75) is 12.5 Å². The van der Waals surface area contributed by atoms with E-state index in [0.29, 0.717) is 12.2 Å². The molecule has 2 aromatic rings. The van der Waals surface area contributed by atoms with Gasteiger partial charge in [0.15, 0.2) is 6.10 Å². The SMILES string of the molecule is CON=Cc1ccc(OC(Cc2ccccc2)C(=O)O)cc1. The zero-order valence-corrected chi connectivity index (χ0v) is 12.2. The highest BCUT2D eigenvalue weighted by Crippen LogP contribution is 2.15. The average Bonchev–Trinajstić information content (AvgIpc) is 2.54. The number of ether oxygens (including phenoxy) is 1. The fourth-order valence-electron chi connectivity index (χ4n) is 1.92. The Balaban J connectivity index is 2.04. The lowest BCUT2D eigenvalue weighted by molar-refractivity contribution is -0.145. The molecule has 5 heteroatoms. The van der Waals surface area contributed by atoms with Gasteiger partial charge in [0.2, 0.25) is 0 Å². The third-order valence-electron chi connectivity index (χ3n) is 3.00. The second-order valence-electron chi connectivity index (χ2n) is 4.62. The smallest absolute Gasteiger partial charge is 0.345 e. The number of rotatable bonds is 7. The van der Waals surface area contributed by atoms with Gasteiger partial charge in [0, 0.05) is 6.42 Å². The maximum absolute atomic E-state index is 11.4. The van der Waals surface area contributed by atoms with Gasteiger partial charge in [-0.3, -0.25) is 0 Å². The molecule has 1 N–H and O–H groups in total. The predicted molar refractivity (Wildman–Crippen MR) is 83.2 cm³/mol. The van der Waals surface area contributed by atoms with Crippen LogP contribution in [0.25, 0.3) is 0 Å². The summed E-state index contributed by atoms with van der Waals surface area (Å²) in [4.78, 5) is 16.0. The third-order valence-corrected chi connectivity index (χ3v) is 3.00. The first-order valence-corrected chi connectivity index (χ1v) is 6.79. The van der Waals surface area contributed by atoms with E-state index < -0.39 is 12.1 Å². The van der Waals surface area contributed by atoms with Crippen LogP contribution >= 0.6 is 0 Å². The molecule has 2 rings (SSSR count). The fourth-order valence-corrected chi connectivity index (χ4v) is 1.92. The zero-order chi connectivity index (χ0) is 15.8. The Morgan fingerprint density at radius 3 is 2.45 bits per heavy atom. The molecular weight excluding hydrogens is 282 g/mol. The number of carbonyl (C=O) groups is 1. The van der Waals surface area contributed by atoms with Crippen molar-refractivity contribution < 1.29 is 19.5 Å². The van der Waals surface area contributed by atoms with Crippen molar-refractivity contribution in [3.63, 3.8) is 0 Å². The first kappa shape index (κ1) is 15.6. The molecule has 1 atom stereocenters. The Morgan fingerprint density at radius 2 is 1.86 bits per heavy atom. The predicted octanol–water partition coefficient (Wildman–Crippen LogP) is 2.74.